The standard InChI is InChI=1S/C17H30O3/c1-3-20-17(19)11-9-7-5-4-6-8-10-15-14(2)12-13-16(15)18/h14-15H,3-13H2,1-2H3/t14-,15-/m0/s1. The Hall–Kier alpha value is -0.860. The molecule has 1 aliphatic rings. The summed E-state index contributed by atoms with van der Waals surface area (Å²) in [5.74, 6) is 1.37. The van der Waals surface area contributed by atoms with E-state index in [4.69, 9.17) is 4.74 Å². The van der Waals surface area contributed by atoms with Crippen LogP contribution in [0, 0.1) is 11.8 Å². The van der Waals surface area contributed by atoms with Gasteiger partial charge < -0.3 is 4.74 Å². The van der Waals surface area contributed by atoms with Crippen molar-refractivity contribution in [2.24, 2.45) is 11.8 Å². The molecule has 116 valence electrons. The third-order valence-corrected chi connectivity index (χ3v) is 4.40. The molecule has 0 aromatic carbocycles. The SMILES string of the molecule is CCOC(=O)CCCCCCCC[C@@H]1C(=O)CC[C@@H]1C. The van der Waals surface area contributed by atoms with Crippen LogP contribution in [0.3, 0.4) is 0 Å². The van der Waals surface area contributed by atoms with Gasteiger partial charge in [0.05, 0.1) is 6.61 Å². The highest BCUT2D eigenvalue weighted by molar-refractivity contribution is 5.83. The van der Waals surface area contributed by atoms with Crippen LogP contribution >= 0.6 is 0 Å². The van der Waals surface area contributed by atoms with Gasteiger partial charge in [-0.05, 0) is 32.1 Å². The molecule has 3 nitrogen and oxygen atoms in total. The summed E-state index contributed by atoms with van der Waals surface area (Å²) in [7, 11) is 0. The van der Waals surface area contributed by atoms with E-state index in [0.29, 0.717) is 30.6 Å². The van der Waals surface area contributed by atoms with Crippen molar-refractivity contribution in [2.45, 2.75) is 78.1 Å². The van der Waals surface area contributed by atoms with E-state index in [1.165, 1.54) is 25.7 Å². The molecule has 1 rings (SSSR count). The molecule has 0 N–H and O–H groups in total. The summed E-state index contributed by atoms with van der Waals surface area (Å²) >= 11 is 0. The van der Waals surface area contributed by atoms with Crippen LogP contribution < -0.4 is 0 Å². The van der Waals surface area contributed by atoms with Gasteiger partial charge in [-0.1, -0.05) is 39.0 Å². The quantitative estimate of drug-likeness (QED) is 0.443. The second kappa shape index (κ2) is 9.95. The Labute approximate surface area is 123 Å². The van der Waals surface area contributed by atoms with Crippen molar-refractivity contribution in [3.8, 4) is 0 Å². The van der Waals surface area contributed by atoms with Gasteiger partial charge in [0.2, 0.25) is 0 Å². The molecule has 0 aromatic heterocycles. The molecule has 20 heavy (non-hydrogen) atoms. The number of esters is 1. The molecule has 3 heteroatoms. The topological polar surface area (TPSA) is 43.4 Å². The number of rotatable bonds is 10. The lowest BCUT2D eigenvalue weighted by Gasteiger charge is -2.13. The highest BCUT2D eigenvalue weighted by Gasteiger charge is 2.30. The van der Waals surface area contributed by atoms with Gasteiger partial charge >= 0.3 is 5.97 Å². The Morgan fingerprint density at radius 3 is 2.40 bits per heavy atom. The highest BCUT2D eigenvalue weighted by atomic mass is 16.5. The normalized spacial score (nSPS) is 22.2. The molecule has 0 aromatic rings. The van der Waals surface area contributed by atoms with Crippen LogP contribution in [0.2, 0.25) is 0 Å². The fourth-order valence-electron chi connectivity index (χ4n) is 3.09. The monoisotopic (exact) mass is 282 g/mol. The molecule has 1 aliphatic carbocycles. The molecule has 0 aliphatic heterocycles. The summed E-state index contributed by atoms with van der Waals surface area (Å²) in [5.41, 5.74) is 0. The number of ketones is 1. The number of hydrogen-bond donors (Lipinski definition) is 0. The summed E-state index contributed by atoms with van der Waals surface area (Å²) < 4.78 is 4.89. The van der Waals surface area contributed by atoms with Crippen LogP contribution in [0.4, 0.5) is 0 Å². The van der Waals surface area contributed by atoms with Gasteiger partial charge in [0, 0.05) is 18.8 Å². The summed E-state index contributed by atoms with van der Waals surface area (Å²) in [6, 6.07) is 0. The van der Waals surface area contributed by atoms with Gasteiger partial charge in [-0.25, -0.2) is 0 Å². The number of unbranched alkanes of at least 4 members (excludes halogenated alkanes) is 5. The number of ether oxygens (including phenoxy) is 1. The second-order valence-corrected chi connectivity index (χ2v) is 6.05. The zero-order chi connectivity index (χ0) is 14.8. The zero-order valence-corrected chi connectivity index (χ0v) is 13.2. The van der Waals surface area contributed by atoms with Gasteiger partial charge in [0.15, 0.2) is 0 Å². The lowest BCUT2D eigenvalue weighted by atomic mass is 9.91. The number of hydrogen-bond acceptors (Lipinski definition) is 3. The molecule has 0 heterocycles. The van der Waals surface area contributed by atoms with Crippen LogP contribution in [-0.2, 0) is 14.3 Å². The number of carbonyl (C=O) groups is 2. The molecule has 1 saturated carbocycles. The average Bonchev–Trinajstić information content (AvgIpc) is 2.73. The van der Waals surface area contributed by atoms with Gasteiger partial charge in [-0.2, -0.15) is 0 Å². The van der Waals surface area contributed by atoms with Gasteiger partial charge in [0.25, 0.3) is 0 Å². The highest BCUT2D eigenvalue weighted by Crippen LogP contribution is 2.32. The maximum absolute atomic E-state index is 11.7. The molecule has 1 fully saturated rings. The van der Waals surface area contributed by atoms with E-state index in [9.17, 15) is 9.59 Å². The second-order valence-electron chi connectivity index (χ2n) is 6.05. The predicted molar refractivity (Wildman–Crippen MR) is 80.5 cm³/mol. The van der Waals surface area contributed by atoms with Crippen molar-refractivity contribution >= 4 is 11.8 Å². The van der Waals surface area contributed by atoms with E-state index < -0.39 is 0 Å². The number of carbonyl (C=O) groups excluding carboxylic acids is 2. The van der Waals surface area contributed by atoms with Crippen molar-refractivity contribution < 1.29 is 14.3 Å². The minimum Gasteiger partial charge on any atom is -0.466 e. The van der Waals surface area contributed by atoms with Gasteiger partial charge in [-0.3, -0.25) is 9.59 Å². The van der Waals surface area contributed by atoms with Crippen LogP contribution in [-0.4, -0.2) is 18.4 Å². The molecular weight excluding hydrogens is 252 g/mol. The van der Waals surface area contributed by atoms with E-state index in [1.807, 2.05) is 6.92 Å². The van der Waals surface area contributed by atoms with Crippen LogP contribution in [0.1, 0.15) is 78.1 Å². The first-order chi connectivity index (χ1) is 9.65. The smallest absolute Gasteiger partial charge is 0.305 e. The lowest BCUT2D eigenvalue weighted by Crippen LogP contribution is -2.12. The molecule has 2 atom stereocenters. The van der Waals surface area contributed by atoms with Crippen molar-refractivity contribution in [3.63, 3.8) is 0 Å². The van der Waals surface area contributed by atoms with Crippen LogP contribution in [0.15, 0.2) is 0 Å². The van der Waals surface area contributed by atoms with Gasteiger partial charge in [0.1, 0.15) is 5.78 Å². The largest absolute Gasteiger partial charge is 0.466 e. The van der Waals surface area contributed by atoms with E-state index in [0.717, 1.165) is 32.1 Å². The minimum absolute atomic E-state index is 0.0683. The van der Waals surface area contributed by atoms with Crippen molar-refractivity contribution in [2.75, 3.05) is 6.61 Å². The third-order valence-electron chi connectivity index (χ3n) is 4.40. The average molecular weight is 282 g/mol. The Balaban J connectivity index is 1.90. The first-order valence-electron chi connectivity index (χ1n) is 8.33. The van der Waals surface area contributed by atoms with Crippen LogP contribution in [0.5, 0.6) is 0 Å². The molecule has 0 unspecified atom stereocenters. The Morgan fingerprint density at radius 2 is 1.80 bits per heavy atom. The maximum atomic E-state index is 11.7. The van der Waals surface area contributed by atoms with Crippen molar-refractivity contribution in [3.05, 3.63) is 0 Å². The fourth-order valence-corrected chi connectivity index (χ4v) is 3.09. The Kier molecular flexibility index (Phi) is 8.56. The Bertz CT molecular complexity index is 299. The van der Waals surface area contributed by atoms with Crippen LogP contribution in [0.25, 0.3) is 0 Å². The number of Topliss-reactive ketones (excluding diaryl/α,β-unsaturated/α-hetero) is 1. The maximum Gasteiger partial charge on any atom is 0.305 e. The van der Waals surface area contributed by atoms with E-state index >= 15 is 0 Å². The van der Waals surface area contributed by atoms with E-state index in [2.05, 4.69) is 6.92 Å². The summed E-state index contributed by atoms with van der Waals surface area (Å²) in [5, 5.41) is 0. The first kappa shape index (κ1) is 17.2. The fraction of sp³-hybridized carbons (Fsp3) is 0.882. The predicted octanol–water partition coefficient (Wildman–Crippen LogP) is 4.29. The lowest BCUT2D eigenvalue weighted by molar-refractivity contribution is -0.143. The summed E-state index contributed by atoms with van der Waals surface area (Å²) in [6.07, 6.45) is 10.4. The molecular formula is C17H30O3. The van der Waals surface area contributed by atoms with Crippen molar-refractivity contribution in [1.29, 1.82) is 0 Å². The molecule has 0 amide bonds. The van der Waals surface area contributed by atoms with Crippen molar-refractivity contribution in [1.82, 2.24) is 0 Å². The third kappa shape index (κ3) is 6.53. The first-order valence-corrected chi connectivity index (χ1v) is 8.33. The zero-order valence-electron chi connectivity index (χ0n) is 13.2. The molecule has 0 saturated heterocycles. The molecule has 0 spiro atoms. The molecule has 0 radical (unpaired) electrons. The van der Waals surface area contributed by atoms with E-state index in [1.54, 1.807) is 0 Å². The summed E-state index contributed by atoms with van der Waals surface area (Å²) in [6.45, 7) is 4.54. The molecule has 0 bridgehead atoms. The Morgan fingerprint density at radius 1 is 1.15 bits per heavy atom. The minimum atomic E-state index is -0.0683. The summed E-state index contributed by atoms with van der Waals surface area (Å²) in [4.78, 5) is 22.8. The van der Waals surface area contributed by atoms with E-state index in [-0.39, 0.29) is 5.97 Å². The van der Waals surface area contributed by atoms with Gasteiger partial charge in [-0.15, -0.1) is 0 Å².